The summed E-state index contributed by atoms with van der Waals surface area (Å²) in [6.07, 6.45) is 5.02. The maximum Gasteiger partial charge on any atom is 0.171 e. The molecule has 2 aliphatic carbocycles. The number of anilines is 2. The smallest absolute Gasteiger partial charge is 0.171 e. The van der Waals surface area contributed by atoms with E-state index in [4.69, 9.17) is 10.5 Å². The van der Waals surface area contributed by atoms with Crippen LogP contribution in [-0.2, 0) is 4.74 Å². The van der Waals surface area contributed by atoms with Crippen LogP contribution in [0.4, 0.5) is 10.7 Å². The van der Waals surface area contributed by atoms with E-state index in [0.717, 1.165) is 24.1 Å². The van der Waals surface area contributed by atoms with Gasteiger partial charge < -0.3 is 15.8 Å². The second-order valence-corrected chi connectivity index (χ2v) is 6.88. The van der Waals surface area contributed by atoms with Crippen LogP contribution >= 0.6 is 11.3 Å². The van der Waals surface area contributed by atoms with Crippen molar-refractivity contribution in [3.05, 3.63) is 10.4 Å². The van der Waals surface area contributed by atoms with E-state index in [2.05, 4.69) is 5.32 Å². The Hall–Kier alpha value is -1.07. The molecule has 3 rings (SSSR count). The van der Waals surface area contributed by atoms with Gasteiger partial charge in [0.05, 0.1) is 22.2 Å². The van der Waals surface area contributed by atoms with Crippen molar-refractivity contribution >= 4 is 27.8 Å². The number of nitrogen functional groups attached to an aromatic ring is 1. The number of ether oxygens (including phenoxy) is 1. The number of Topliss-reactive ketones (excluding diaryl/α,β-unsaturated/α-hetero) is 1. The molecule has 0 saturated heterocycles. The molecule has 20 heavy (non-hydrogen) atoms. The van der Waals surface area contributed by atoms with E-state index in [9.17, 15) is 4.79 Å². The van der Waals surface area contributed by atoms with Crippen molar-refractivity contribution in [2.24, 2.45) is 5.92 Å². The van der Waals surface area contributed by atoms with Crippen molar-refractivity contribution in [1.82, 2.24) is 0 Å². The number of hydrogen-bond acceptors (Lipinski definition) is 5. The molecule has 0 aliphatic heterocycles. The van der Waals surface area contributed by atoms with Gasteiger partial charge in [0, 0.05) is 25.6 Å². The molecule has 110 valence electrons. The Morgan fingerprint density at radius 2 is 2.15 bits per heavy atom. The molecule has 4 nitrogen and oxygen atoms in total. The fourth-order valence-electron chi connectivity index (χ4n) is 2.40. The largest absolute Gasteiger partial charge is 0.397 e. The highest BCUT2D eigenvalue weighted by molar-refractivity contribution is 7.18. The van der Waals surface area contributed by atoms with Gasteiger partial charge in [-0.2, -0.15) is 0 Å². The van der Waals surface area contributed by atoms with Crippen LogP contribution in [0.15, 0.2) is 0 Å². The maximum absolute atomic E-state index is 11.6. The van der Waals surface area contributed by atoms with Crippen LogP contribution in [-0.4, -0.2) is 25.5 Å². The van der Waals surface area contributed by atoms with Gasteiger partial charge >= 0.3 is 0 Å². The van der Waals surface area contributed by atoms with Crippen molar-refractivity contribution in [1.29, 1.82) is 0 Å². The van der Waals surface area contributed by atoms with Crippen LogP contribution < -0.4 is 11.1 Å². The van der Waals surface area contributed by atoms with Gasteiger partial charge in [-0.3, -0.25) is 4.79 Å². The fourth-order valence-corrected chi connectivity index (χ4v) is 3.53. The zero-order chi connectivity index (χ0) is 14.1. The molecule has 5 heteroatoms. The van der Waals surface area contributed by atoms with Gasteiger partial charge in [-0.05, 0) is 37.5 Å². The minimum Gasteiger partial charge on any atom is -0.397 e. The van der Waals surface area contributed by atoms with Crippen LogP contribution in [0.5, 0.6) is 0 Å². The van der Waals surface area contributed by atoms with Crippen molar-refractivity contribution in [2.45, 2.75) is 38.5 Å². The van der Waals surface area contributed by atoms with Gasteiger partial charge in [0.15, 0.2) is 5.78 Å². The Kier molecular flexibility index (Phi) is 3.98. The molecule has 2 saturated carbocycles. The summed E-state index contributed by atoms with van der Waals surface area (Å²) in [6, 6.07) is 0. The Morgan fingerprint density at radius 3 is 2.75 bits per heavy atom. The lowest BCUT2D eigenvalue weighted by Gasteiger charge is -2.08. The Balaban J connectivity index is 1.58. The van der Waals surface area contributed by atoms with Gasteiger partial charge in [0.25, 0.3) is 0 Å². The van der Waals surface area contributed by atoms with E-state index in [1.165, 1.54) is 42.6 Å². The zero-order valence-electron chi connectivity index (χ0n) is 11.9. The predicted molar refractivity (Wildman–Crippen MR) is 82.7 cm³/mol. The van der Waals surface area contributed by atoms with Crippen molar-refractivity contribution in [3.8, 4) is 0 Å². The molecular formula is C15H22N2O2S. The zero-order valence-corrected chi connectivity index (χ0v) is 12.7. The standard InChI is InChI=1S/C15H22N2O2S/c1-9(18)14-13(16)12(11-4-5-11)15(20-14)17-6-7-19-8-10-2-3-10/h10-11,17H,2-8,16H2,1H3. The lowest BCUT2D eigenvalue weighted by Crippen LogP contribution is -2.10. The molecule has 2 aliphatic rings. The fraction of sp³-hybridized carbons (Fsp3) is 0.667. The van der Waals surface area contributed by atoms with E-state index in [1.54, 1.807) is 6.92 Å². The highest BCUT2D eigenvalue weighted by atomic mass is 32.1. The molecule has 1 aromatic rings. The second-order valence-electron chi connectivity index (χ2n) is 5.86. The number of nitrogens with one attached hydrogen (secondary N) is 1. The average Bonchev–Trinajstić information content (AvgIpc) is 3.29. The first-order valence-electron chi connectivity index (χ1n) is 7.41. The first-order chi connectivity index (χ1) is 9.66. The summed E-state index contributed by atoms with van der Waals surface area (Å²) in [4.78, 5) is 12.3. The second kappa shape index (κ2) is 5.74. The third-order valence-corrected chi connectivity index (χ3v) is 5.15. The minimum atomic E-state index is 0.0624. The maximum atomic E-state index is 11.6. The lowest BCUT2D eigenvalue weighted by atomic mass is 10.1. The predicted octanol–water partition coefficient (Wildman–Crippen LogP) is 3.25. The van der Waals surface area contributed by atoms with E-state index in [0.29, 0.717) is 23.1 Å². The number of hydrogen-bond donors (Lipinski definition) is 2. The molecule has 0 aromatic carbocycles. The van der Waals surface area contributed by atoms with E-state index >= 15 is 0 Å². The van der Waals surface area contributed by atoms with E-state index in [1.807, 2.05) is 0 Å². The molecular weight excluding hydrogens is 272 g/mol. The van der Waals surface area contributed by atoms with Crippen LogP contribution in [0, 0.1) is 5.92 Å². The molecule has 1 heterocycles. The Morgan fingerprint density at radius 1 is 1.40 bits per heavy atom. The summed E-state index contributed by atoms with van der Waals surface area (Å²) < 4.78 is 5.62. The normalized spacial score (nSPS) is 18.2. The topological polar surface area (TPSA) is 64.3 Å². The molecule has 0 bridgehead atoms. The van der Waals surface area contributed by atoms with Crippen molar-refractivity contribution in [3.63, 3.8) is 0 Å². The lowest BCUT2D eigenvalue weighted by molar-refractivity contribution is 0.102. The van der Waals surface area contributed by atoms with Crippen molar-refractivity contribution < 1.29 is 9.53 Å². The highest BCUT2D eigenvalue weighted by Crippen LogP contribution is 2.50. The van der Waals surface area contributed by atoms with Crippen LogP contribution in [0.25, 0.3) is 0 Å². The molecule has 0 amide bonds. The minimum absolute atomic E-state index is 0.0624. The van der Waals surface area contributed by atoms with Gasteiger partial charge in [0.2, 0.25) is 0 Å². The summed E-state index contributed by atoms with van der Waals surface area (Å²) in [7, 11) is 0. The van der Waals surface area contributed by atoms with E-state index in [-0.39, 0.29) is 5.78 Å². The summed E-state index contributed by atoms with van der Waals surface area (Å²) in [5.74, 6) is 1.42. The van der Waals surface area contributed by atoms with Crippen LogP contribution in [0.2, 0.25) is 0 Å². The quantitative estimate of drug-likeness (QED) is 0.570. The summed E-state index contributed by atoms with van der Waals surface area (Å²) in [5.41, 5.74) is 8.01. The van der Waals surface area contributed by atoms with Gasteiger partial charge in [-0.15, -0.1) is 11.3 Å². The number of carbonyl (C=O) groups excluding carboxylic acids is 1. The first-order valence-corrected chi connectivity index (χ1v) is 8.23. The van der Waals surface area contributed by atoms with Gasteiger partial charge in [-0.1, -0.05) is 0 Å². The molecule has 3 N–H and O–H groups in total. The Labute approximate surface area is 123 Å². The van der Waals surface area contributed by atoms with Gasteiger partial charge in [0.1, 0.15) is 0 Å². The molecule has 1 aromatic heterocycles. The number of rotatable bonds is 8. The van der Waals surface area contributed by atoms with Gasteiger partial charge in [-0.25, -0.2) is 0 Å². The SMILES string of the molecule is CC(=O)c1sc(NCCOCC2CC2)c(C2CC2)c1N. The molecule has 0 atom stereocenters. The average molecular weight is 294 g/mol. The van der Waals surface area contributed by atoms with Crippen molar-refractivity contribution in [2.75, 3.05) is 30.8 Å². The number of nitrogens with two attached hydrogens (primary N) is 1. The van der Waals surface area contributed by atoms with Crippen LogP contribution in [0.3, 0.4) is 0 Å². The molecule has 0 unspecified atom stereocenters. The third-order valence-electron chi connectivity index (χ3n) is 3.87. The summed E-state index contributed by atoms with van der Waals surface area (Å²) in [5, 5.41) is 4.48. The highest BCUT2D eigenvalue weighted by Gasteiger charge is 2.32. The molecule has 0 spiro atoms. The molecule has 0 radical (unpaired) electrons. The summed E-state index contributed by atoms with van der Waals surface area (Å²) >= 11 is 1.50. The molecule has 2 fully saturated rings. The number of carbonyl (C=O) groups is 1. The van der Waals surface area contributed by atoms with E-state index < -0.39 is 0 Å². The third kappa shape index (κ3) is 3.15. The number of ketones is 1. The monoisotopic (exact) mass is 294 g/mol. The Bertz CT molecular complexity index is 504. The summed E-state index contributed by atoms with van der Waals surface area (Å²) in [6.45, 7) is 3.97. The van der Waals surface area contributed by atoms with Crippen LogP contribution in [0.1, 0.15) is 53.8 Å². The first kappa shape index (κ1) is 13.9. The number of thiophene rings is 1.